The summed E-state index contributed by atoms with van der Waals surface area (Å²) in [6.07, 6.45) is 0. The van der Waals surface area contributed by atoms with Gasteiger partial charge in [-0.05, 0) is 27.7 Å². The Morgan fingerprint density at radius 2 is 2.13 bits per heavy atom. The van der Waals surface area contributed by atoms with Gasteiger partial charge in [-0.1, -0.05) is 0 Å². The lowest BCUT2D eigenvalue weighted by Crippen LogP contribution is -2.34. The highest BCUT2D eigenvalue weighted by atomic mass is 32.1. The van der Waals surface area contributed by atoms with E-state index in [2.05, 4.69) is 15.6 Å². The molecule has 0 fully saturated rings. The van der Waals surface area contributed by atoms with Crippen LogP contribution in [0.5, 0.6) is 0 Å². The number of hydrogen-bond donors (Lipinski definition) is 2. The standard InChI is InChI=1S/C10H17N3OS/c1-6(2)12-9(14)5-11-10-13-7(3)8(4)15-10/h6H,5H2,1-4H3,(H,11,13)(H,12,14). The Labute approximate surface area is 94.1 Å². The summed E-state index contributed by atoms with van der Waals surface area (Å²) in [5, 5.41) is 6.63. The van der Waals surface area contributed by atoms with Crippen LogP contribution >= 0.6 is 11.3 Å². The molecule has 1 rings (SSSR count). The first-order chi connectivity index (χ1) is 6.99. The zero-order chi connectivity index (χ0) is 11.4. The normalized spacial score (nSPS) is 10.5. The highest BCUT2D eigenvalue weighted by Crippen LogP contribution is 2.20. The van der Waals surface area contributed by atoms with Crippen molar-refractivity contribution in [3.05, 3.63) is 10.6 Å². The smallest absolute Gasteiger partial charge is 0.239 e. The third-order valence-electron chi connectivity index (χ3n) is 1.88. The Morgan fingerprint density at radius 3 is 2.60 bits per heavy atom. The van der Waals surface area contributed by atoms with Crippen LogP contribution in [0.1, 0.15) is 24.4 Å². The van der Waals surface area contributed by atoms with E-state index in [1.54, 1.807) is 11.3 Å². The third kappa shape index (κ3) is 3.87. The molecule has 5 heteroatoms. The number of anilines is 1. The Bertz CT molecular complexity index is 327. The van der Waals surface area contributed by atoms with Gasteiger partial charge in [-0.25, -0.2) is 4.98 Å². The van der Waals surface area contributed by atoms with E-state index in [4.69, 9.17) is 0 Å². The van der Waals surface area contributed by atoms with E-state index in [0.717, 1.165) is 10.8 Å². The van der Waals surface area contributed by atoms with Gasteiger partial charge in [-0.15, -0.1) is 11.3 Å². The third-order valence-corrected chi connectivity index (χ3v) is 2.91. The molecule has 0 aliphatic rings. The van der Waals surface area contributed by atoms with Gasteiger partial charge in [0.2, 0.25) is 5.91 Å². The van der Waals surface area contributed by atoms with Gasteiger partial charge in [0, 0.05) is 10.9 Å². The van der Waals surface area contributed by atoms with Gasteiger partial charge >= 0.3 is 0 Å². The molecule has 4 nitrogen and oxygen atoms in total. The lowest BCUT2D eigenvalue weighted by atomic mass is 10.4. The second kappa shape index (κ2) is 5.11. The molecule has 2 N–H and O–H groups in total. The average Bonchev–Trinajstić information content (AvgIpc) is 2.42. The van der Waals surface area contributed by atoms with Crippen molar-refractivity contribution in [3.63, 3.8) is 0 Å². The lowest BCUT2D eigenvalue weighted by molar-refractivity contribution is -0.119. The first kappa shape index (κ1) is 12.0. The molecule has 0 saturated heterocycles. The van der Waals surface area contributed by atoms with Crippen molar-refractivity contribution in [3.8, 4) is 0 Å². The Hall–Kier alpha value is -1.10. The minimum atomic E-state index is -0.00416. The maximum Gasteiger partial charge on any atom is 0.239 e. The van der Waals surface area contributed by atoms with Crippen LogP contribution < -0.4 is 10.6 Å². The second-order valence-electron chi connectivity index (χ2n) is 3.74. The zero-order valence-electron chi connectivity index (χ0n) is 9.55. The van der Waals surface area contributed by atoms with E-state index in [-0.39, 0.29) is 18.5 Å². The molecule has 0 aliphatic heterocycles. The summed E-state index contributed by atoms with van der Waals surface area (Å²) in [7, 11) is 0. The molecular weight excluding hydrogens is 210 g/mol. The Kier molecular flexibility index (Phi) is 4.08. The fourth-order valence-corrected chi connectivity index (χ4v) is 1.89. The number of thiazole rings is 1. The number of aryl methyl sites for hydroxylation is 2. The van der Waals surface area contributed by atoms with E-state index in [9.17, 15) is 4.79 Å². The number of hydrogen-bond acceptors (Lipinski definition) is 4. The summed E-state index contributed by atoms with van der Waals surface area (Å²) in [6.45, 7) is 8.15. The van der Waals surface area contributed by atoms with Crippen molar-refractivity contribution in [1.29, 1.82) is 0 Å². The van der Waals surface area contributed by atoms with Crippen LogP contribution in [-0.4, -0.2) is 23.5 Å². The van der Waals surface area contributed by atoms with E-state index in [0.29, 0.717) is 0 Å². The first-order valence-corrected chi connectivity index (χ1v) is 5.78. The highest BCUT2D eigenvalue weighted by molar-refractivity contribution is 7.15. The molecule has 0 unspecified atom stereocenters. The molecular formula is C10H17N3OS. The number of carbonyl (C=O) groups excluding carboxylic acids is 1. The molecule has 0 spiro atoms. The number of aromatic nitrogens is 1. The maximum absolute atomic E-state index is 11.3. The monoisotopic (exact) mass is 227 g/mol. The van der Waals surface area contributed by atoms with Gasteiger partial charge in [0.05, 0.1) is 12.2 Å². The summed E-state index contributed by atoms with van der Waals surface area (Å²) >= 11 is 1.57. The van der Waals surface area contributed by atoms with Crippen LogP contribution in [0, 0.1) is 13.8 Å². The number of carbonyl (C=O) groups is 1. The Morgan fingerprint density at radius 1 is 1.47 bits per heavy atom. The van der Waals surface area contributed by atoms with E-state index in [1.165, 1.54) is 4.88 Å². The number of amides is 1. The van der Waals surface area contributed by atoms with Crippen molar-refractivity contribution in [2.45, 2.75) is 33.7 Å². The van der Waals surface area contributed by atoms with Gasteiger partial charge in [-0.3, -0.25) is 4.79 Å². The van der Waals surface area contributed by atoms with Gasteiger partial charge < -0.3 is 10.6 Å². The van der Waals surface area contributed by atoms with E-state index >= 15 is 0 Å². The molecule has 0 atom stereocenters. The fraction of sp³-hybridized carbons (Fsp3) is 0.600. The van der Waals surface area contributed by atoms with Crippen LogP contribution in [0.25, 0.3) is 0 Å². The van der Waals surface area contributed by atoms with Crippen molar-refractivity contribution < 1.29 is 4.79 Å². The van der Waals surface area contributed by atoms with Crippen LogP contribution in [-0.2, 0) is 4.79 Å². The number of nitrogens with zero attached hydrogens (tertiary/aromatic N) is 1. The summed E-state index contributed by atoms with van der Waals surface area (Å²) in [4.78, 5) is 16.8. The molecule has 0 saturated carbocycles. The van der Waals surface area contributed by atoms with Crippen LogP contribution in [0.4, 0.5) is 5.13 Å². The van der Waals surface area contributed by atoms with Gasteiger partial charge in [-0.2, -0.15) is 0 Å². The largest absolute Gasteiger partial charge is 0.352 e. The molecule has 84 valence electrons. The van der Waals surface area contributed by atoms with Gasteiger partial charge in [0.1, 0.15) is 0 Å². The summed E-state index contributed by atoms with van der Waals surface area (Å²) in [6, 6.07) is 0.180. The lowest BCUT2D eigenvalue weighted by Gasteiger charge is -2.08. The van der Waals surface area contributed by atoms with Crippen molar-refractivity contribution >= 4 is 22.4 Å². The van der Waals surface area contributed by atoms with Crippen molar-refractivity contribution in [1.82, 2.24) is 10.3 Å². The highest BCUT2D eigenvalue weighted by Gasteiger charge is 2.06. The van der Waals surface area contributed by atoms with E-state index < -0.39 is 0 Å². The van der Waals surface area contributed by atoms with Crippen LogP contribution in [0.15, 0.2) is 0 Å². The van der Waals surface area contributed by atoms with Gasteiger partial charge in [0.15, 0.2) is 5.13 Å². The topological polar surface area (TPSA) is 54.0 Å². The molecule has 0 aromatic carbocycles. The van der Waals surface area contributed by atoms with Crippen molar-refractivity contribution in [2.75, 3.05) is 11.9 Å². The van der Waals surface area contributed by atoms with Crippen LogP contribution in [0.2, 0.25) is 0 Å². The molecule has 1 amide bonds. The Balaban J connectivity index is 2.40. The van der Waals surface area contributed by atoms with Crippen molar-refractivity contribution in [2.24, 2.45) is 0 Å². The summed E-state index contributed by atoms with van der Waals surface area (Å²) in [5.41, 5.74) is 1.02. The molecule has 0 bridgehead atoms. The number of rotatable bonds is 4. The van der Waals surface area contributed by atoms with Gasteiger partial charge in [0.25, 0.3) is 0 Å². The molecule has 15 heavy (non-hydrogen) atoms. The quantitative estimate of drug-likeness (QED) is 0.823. The predicted molar refractivity (Wildman–Crippen MR) is 63.4 cm³/mol. The maximum atomic E-state index is 11.3. The minimum Gasteiger partial charge on any atom is -0.352 e. The molecule has 1 aromatic heterocycles. The van der Waals surface area contributed by atoms with E-state index in [1.807, 2.05) is 27.7 Å². The second-order valence-corrected chi connectivity index (χ2v) is 4.94. The molecule has 1 heterocycles. The summed E-state index contributed by atoms with van der Waals surface area (Å²) < 4.78 is 0. The average molecular weight is 227 g/mol. The molecule has 1 aromatic rings. The fourth-order valence-electron chi connectivity index (χ4n) is 1.08. The minimum absolute atomic E-state index is 0.00416. The number of nitrogens with one attached hydrogen (secondary N) is 2. The van der Waals surface area contributed by atoms with Crippen LogP contribution in [0.3, 0.4) is 0 Å². The summed E-state index contributed by atoms with van der Waals surface area (Å²) in [5.74, 6) is -0.00416. The first-order valence-electron chi connectivity index (χ1n) is 4.96. The SMILES string of the molecule is Cc1nc(NCC(=O)NC(C)C)sc1C. The molecule has 0 aliphatic carbocycles. The zero-order valence-corrected chi connectivity index (χ0v) is 10.4. The predicted octanol–water partition coefficient (Wildman–Crippen LogP) is 1.70. The molecule has 0 radical (unpaired) electrons.